The zero-order chi connectivity index (χ0) is 21.5. The van der Waals surface area contributed by atoms with E-state index in [0.29, 0.717) is 19.5 Å². The van der Waals surface area contributed by atoms with E-state index in [1.807, 2.05) is 9.58 Å². The second kappa shape index (κ2) is 8.02. The lowest BCUT2D eigenvalue weighted by Crippen LogP contribution is -2.31. The Morgan fingerprint density at radius 1 is 1.07 bits per heavy atom. The van der Waals surface area contributed by atoms with Crippen molar-refractivity contribution in [3.63, 3.8) is 0 Å². The zero-order valence-corrected chi connectivity index (χ0v) is 18.3. The van der Waals surface area contributed by atoms with Crippen molar-refractivity contribution in [1.29, 1.82) is 0 Å². The minimum atomic E-state index is -4.44. The Labute approximate surface area is 181 Å². The van der Waals surface area contributed by atoms with Gasteiger partial charge in [0.2, 0.25) is 5.95 Å². The van der Waals surface area contributed by atoms with E-state index in [9.17, 15) is 13.2 Å². The van der Waals surface area contributed by atoms with Gasteiger partial charge < -0.3 is 4.90 Å². The molecule has 5 nitrogen and oxygen atoms in total. The Hall–Kier alpha value is -2.42. The van der Waals surface area contributed by atoms with Crippen molar-refractivity contribution in [3.05, 3.63) is 63.1 Å². The Kier molecular flexibility index (Phi) is 5.57. The van der Waals surface area contributed by atoms with Gasteiger partial charge in [0.1, 0.15) is 4.60 Å². The van der Waals surface area contributed by atoms with E-state index in [1.165, 1.54) is 11.1 Å². The van der Waals surface area contributed by atoms with Gasteiger partial charge in [0.15, 0.2) is 0 Å². The topological polar surface area (TPSA) is 46.8 Å². The van der Waals surface area contributed by atoms with Crippen molar-refractivity contribution < 1.29 is 13.2 Å². The molecule has 9 heteroatoms. The molecule has 0 fully saturated rings. The molecule has 0 atom stereocenters. The zero-order valence-electron chi connectivity index (χ0n) is 16.7. The van der Waals surface area contributed by atoms with Crippen molar-refractivity contribution >= 4 is 21.9 Å². The highest BCUT2D eigenvalue weighted by Gasteiger charge is 2.32. The highest BCUT2D eigenvalue weighted by atomic mass is 79.9. The van der Waals surface area contributed by atoms with Crippen molar-refractivity contribution in [2.75, 3.05) is 11.4 Å². The predicted octanol–water partition coefficient (Wildman–Crippen LogP) is 5.13. The number of fused-ring (bicyclic) bond motifs is 1. The summed E-state index contributed by atoms with van der Waals surface area (Å²) >= 11 is 3.72. The molecule has 0 spiro atoms. The highest BCUT2D eigenvalue weighted by Crippen LogP contribution is 2.33. The fourth-order valence-electron chi connectivity index (χ4n) is 3.78. The fourth-order valence-corrected chi connectivity index (χ4v) is 4.39. The molecular weight excluding hydrogens is 459 g/mol. The lowest BCUT2D eigenvalue weighted by Gasteiger charge is -2.26. The Balaban J connectivity index is 1.68. The van der Waals surface area contributed by atoms with Gasteiger partial charge in [-0.2, -0.15) is 18.3 Å². The van der Waals surface area contributed by atoms with Gasteiger partial charge in [0, 0.05) is 30.9 Å². The first-order valence-electron chi connectivity index (χ1n) is 9.85. The first kappa shape index (κ1) is 20.8. The standard InChI is InChI=1S/C21H21BrF3N5/c1-3-13-6-5-7-14(4-2)18(13)30-19(22)16-12-29(9-8-17(16)28-30)20-26-10-15(11-27-20)21(23,24)25/h5-7,10-11H,3-4,8-9,12H2,1-2H3. The monoisotopic (exact) mass is 479 g/mol. The van der Waals surface area contributed by atoms with E-state index in [4.69, 9.17) is 5.10 Å². The number of hydrogen-bond acceptors (Lipinski definition) is 4. The molecule has 0 bridgehead atoms. The number of aryl methyl sites for hydroxylation is 2. The number of nitrogens with zero attached hydrogens (tertiary/aromatic N) is 5. The summed E-state index contributed by atoms with van der Waals surface area (Å²) in [6.07, 6.45) is -0.317. The number of benzene rings is 1. The normalized spacial score (nSPS) is 14.1. The quantitative estimate of drug-likeness (QED) is 0.520. The molecule has 3 aromatic rings. The van der Waals surface area contributed by atoms with Crippen molar-refractivity contribution in [2.24, 2.45) is 0 Å². The van der Waals surface area contributed by atoms with Crippen molar-refractivity contribution in [1.82, 2.24) is 19.7 Å². The molecule has 1 aliphatic rings. The predicted molar refractivity (Wildman–Crippen MR) is 112 cm³/mol. The van der Waals surface area contributed by atoms with Crippen LogP contribution in [0.3, 0.4) is 0 Å². The number of rotatable bonds is 4. The van der Waals surface area contributed by atoms with Gasteiger partial charge in [-0.15, -0.1) is 0 Å². The van der Waals surface area contributed by atoms with Gasteiger partial charge in [-0.05, 0) is 39.9 Å². The first-order chi connectivity index (χ1) is 14.3. The third kappa shape index (κ3) is 3.71. The number of aromatic nitrogens is 4. The van der Waals surface area contributed by atoms with Gasteiger partial charge in [-0.3, -0.25) is 0 Å². The molecule has 0 saturated carbocycles. The van der Waals surface area contributed by atoms with Gasteiger partial charge in [-0.25, -0.2) is 14.6 Å². The lowest BCUT2D eigenvalue weighted by molar-refractivity contribution is -0.138. The van der Waals surface area contributed by atoms with Crippen molar-refractivity contribution in [3.8, 4) is 5.69 Å². The van der Waals surface area contributed by atoms with Crippen LogP contribution in [0.2, 0.25) is 0 Å². The van der Waals surface area contributed by atoms with Crippen LogP contribution in [0.1, 0.15) is 41.8 Å². The molecule has 0 N–H and O–H groups in total. The van der Waals surface area contributed by atoms with Crippen LogP contribution in [0.25, 0.3) is 5.69 Å². The molecule has 30 heavy (non-hydrogen) atoms. The van der Waals surface area contributed by atoms with E-state index in [1.54, 1.807) is 0 Å². The van der Waals surface area contributed by atoms with Crippen LogP contribution >= 0.6 is 15.9 Å². The van der Waals surface area contributed by atoms with E-state index < -0.39 is 11.7 Å². The summed E-state index contributed by atoms with van der Waals surface area (Å²) in [6, 6.07) is 6.30. The molecule has 3 heterocycles. The van der Waals surface area contributed by atoms with Crippen LogP contribution in [0.4, 0.5) is 19.1 Å². The van der Waals surface area contributed by atoms with Gasteiger partial charge >= 0.3 is 6.18 Å². The molecule has 0 radical (unpaired) electrons. The molecular formula is C21H21BrF3N5. The Bertz CT molecular complexity index is 1040. The molecule has 158 valence electrons. The maximum absolute atomic E-state index is 12.8. The summed E-state index contributed by atoms with van der Waals surface area (Å²) in [4.78, 5) is 9.77. The van der Waals surface area contributed by atoms with Gasteiger partial charge in [0.05, 0.1) is 23.5 Å². The number of para-hydroxylation sites is 1. The molecule has 1 aliphatic heterocycles. The summed E-state index contributed by atoms with van der Waals surface area (Å²) in [6.45, 7) is 5.33. The molecule has 0 aliphatic carbocycles. The van der Waals surface area contributed by atoms with Crippen LogP contribution in [0, 0.1) is 0 Å². The van der Waals surface area contributed by atoms with E-state index in [2.05, 4.69) is 57.9 Å². The summed E-state index contributed by atoms with van der Waals surface area (Å²) in [5.41, 5.74) is 4.69. The maximum atomic E-state index is 12.8. The van der Waals surface area contributed by atoms with Gasteiger partial charge in [-0.1, -0.05) is 32.0 Å². The van der Waals surface area contributed by atoms with Crippen LogP contribution in [0.5, 0.6) is 0 Å². The van der Waals surface area contributed by atoms with Crippen LogP contribution in [0.15, 0.2) is 35.2 Å². The average molecular weight is 480 g/mol. The number of anilines is 1. The SMILES string of the molecule is CCc1cccc(CC)c1-n1nc2c(c1Br)CN(c1ncc(C(F)(F)F)cn1)CC2. The average Bonchev–Trinajstić information content (AvgIpc) is 3.08. The number of hydrogen-bond donors (Lipinski definition) is 0. The Morgan fingerprint density at radius 3 is 2.27 bits per heavy atom. The van der Waals surface area contributed by atoms with Gasteiger partial charge in [0.25, 0.3) is 0 Å². The molecule has 2 aromatic heterocycles. The molecule has 0 unspecified atom stereocenters. The molecule has 4 rings (SSSR count). The van der Waals surface area contributed by atoms with Crippen LogP contribution in [-0.4, -0.2) is 26.3 Å². The van der Waals surface area contributed by atoms with Crippen molar-refractivity contribution in [2.45, 2.75) is 45.8 Å². The molecule has 0 saturated heterocycles. The summed E-state index contributed by atoms with van der Waals surface area (Å²) in [7, 11) is 0. The molecule has 0 amide bonds. The molecule has 1 aromatic carbocycles. The van der Waals surface area contributed by atoms with Crippen LogP contribution < -0.4 is 4.90 Å². The summed E-state index contributed by atoms with van der Waals surface area (Å²) < 4.78 is 41.2. The number of halogens is 4. The highest BCUT2D eigenvalue weighted by molar-refractivity contribution is 9.10. The third-order valence-electron chi connectivity index (χ3n) is 5.40. The minimum absolute atomic E-state index is 0.288. The third-order valence-corrected chi connectivity index (χ3v) is 6.21. The largest absolute Gasteiger partial charge is 0.419 e. The summed E-state index contributed by atoms with van der Waals surface area (Å²) in [5.74, 6) is 0.288. The summed E-state index contributed by atoms with van der Waals surface area (Å²) in [5, 5.41) is 4.87. The second-order valence-corrected chi connectivity index (χ2v) is 7.95. The minimum Gasteiger partial charge on any atom is -0.336 e. The first-order valence-corrected chi connectivity index (χ1v) is 10.6. The second-order valence-electron chi connectivity index (χ2n) is 7.20. The smallest absolute Gasteiger partial charge is 0.336 e. The van der Waals surface area contributed by atoms with E-state index in [-0.39, 0.29) is 5.95 Å². The van der Waals surface area contributed by atoms with Crippen LogP contribution in [-0.2, 0) is 32.0 Å². The van der Waals surface area contributed by atoms with E-state index in [0.717, 1.165) is 46.8 Å². The fraction of sp³-hybridized carbons (Fsp3) is 0.381. The number of alkyl halides is 3. The lowest BCUT2D eigenvalue weighted by atomic mass is 10.0. The maximum Gasteiger partial charge on any atom is 0.419 e. The van der Waals surface area contributed by atoms with E-state index >= 15 is 0 Å². The Morgan fingerprint density at radius 2 is 1.70 bits per heavy atom.